The van der Waals surface area contributed by atoms with E-state index >= 15 is 0 Å². The number of furan rings is 4. The van der Waals surface area contributed by atoms with Crippen molar-refractivity contribution in [1.82, 2.24) is 19.9 Å². The molecule has 372 valence electrons. The van der Waals surface area contributed by atoms with Gasteiger partial charge in [-0.15, -0.1) is 0 Å². The van der Waals surface area contributed by atoms with Gasteiger partial charge in [-0.3, -0.25) is 9.88 Å². The van der Waals surface area contributed by atoms with Crippen molar-refractivity contribution in [3.05, 3.63) is 231 Å². The zero-order valence-electron chi connectivity index (χ0n) is 42.3. The van der Waals surface area contributed by atoms with E-state index in [0.29, 0.717) is 22.9 Å². The Labute approximate surface area is 453 Å². The molecule has 0 unspecified atom stereocenters. The summed E-state index contributed by atoms with van der Waals surface area (Å²) in [6.45, 7) is 0. The molecule has 9 aromatic carbocycles. The fourth-order valence-electron chi connectivity index (χ4n) is 12.7. The Morgan fingerprint density at radius 3 is 1.77 bits per heavy atom. The topological polar surface area (TPSA) is 111 Å². The standard InChI is InChI=1S/C70H38N6O4/c1-2-15-41-39(13-1)14-11-23-54(41)76(62-33-31-60-66(73-62)50-20-7-10-26-59(50)77-60)63-34-32-61-67(74-63)51-22-12-21-48(68(51)79-61)47-27-28-49-55(30-29-46-42-16-3-4-19-45(42)64(47)65(46)49)75(40-35-52-43-17-5-9-25-58(43)80-70(52)72-36-40)56-38-71-37-53-44-18-6-8-24-57(44)78-69(53)56/h1-38H. The second-order valence-corrected chi connectivity index (χ2v) is 20.5. The Kier molecular flexibility index (Phi) is 8.73. The van der Waals surface area contributed by atoms with Crippen LogP contribution in [0.1, 0.15) is 0 Å². The van der Waals surface area contributed by atoms with E-state index in [9.17, 15) is 0 Å². The summed E-state index contributed by atoms with van der Waals surface area (Å²) in [5.74, 6) is 1.41. The number of fused-ring (bicyclic) bond motifs is 16. The minimum absolute atomic E-state index is 0.571. The van der Waals surface area contributed by atoms with Crippen LogP contribution in [-0.4, -0.2) is 19.9 Å². The summed E-state index contributed by atoms with van der Waals surface area (Å²) >= 11 is 0. The van der Waals surface area contributed by atoms with Crippen LogP contribution in [0.25, 0.3) is 143 Å². The first-order chi connectivity index (χ1) is 39.7. The number of hydrogen-bond acceptors (Lipinski definition) is 10. The monoisotopic (exact) mass is 1030 g/mol. The van der Waals surface area contributed by atoms with Gasteiger partial charge in [0.1, 0.15) is 50.7 Å². The highest BCUT2D eigenvalue weighted by Crippen LogP contribution is 2.56. The van der Waals surface area contributed by atoms with Crippen molar-refractivity contribution in [2.75, 3.05) is 9.80 Å². The van der Waals surface area contributed by atoms with Crippen molar-refractivity contribution < 1.29 is 17.7 Å². The molecular weight excluding hydrogens is 989 g/mol. The molecule has 0 atom stereocenters. The van der Waals surface area contributed by atoms with Crippen LogP contribution in [-0.2, 0) is 0 Å². The maximum absolute atomic E-state index is 7.02. The number of rotatable bonds is 7. The fourth-order valence-corrected chi connectivity index (χ4v) is 12.7. The summed E-state index contributed by atoms with van der Waals surface area (Å²) < 4.78 is 26.3. The highest BCUT2D eigenvalue weighted by molar-refractivity contribution is 6.24. The molecule has 1 aliphatic rings. The van der Waals surface area contributed by atoms with Gasteiger partial charge in [0, 0.05) is 54.9 Å². The summed E-state index contributed by atoms with van der Waals surface area (Å²) in [5.41, 5.74) is 17.5. The Morgan fingerprint density at radius 2 is 0.938 bits per heavy atom. The molecule has 8 heterocycles. The van der Waals surface area contributed by atoms with Crippen LogP contribution < -0.4 is 9.80 Å². The van der Waals surface area contributed by atoms with E-state index in [1.807, 2.05) is 97.5 Å². The van der Waals surface area contributed by atoms with Gasteiger partial charge in [0.15, 0.2) is 16.7 Å². The summed E-state index contributed by atoms with van der Waals surface area (Å²) in [7, 11) is 0. The number of anilines is 6. The molecule has 17 aromatic rings. The zero-order valence-corrected chi connectivity index (χ0v) is 42.3. The van der Waals surface area contributed by atoms with Crippen molar-refractivity contribution in [3.63, 3.8) is 0 Å². The van der Waals surface area contributed by atoms with Gasteiger partial charge in [-0.25, -0.2) is 15.0 Å². The third-order valence-corrected chi connectivity index (χ3v) is 16.2. The van der Waals surface area contributed by atoms with Gasteiger partial charge >= 0.3 is 0 Å². The summed E-state index contributed by atoms with van der Waals surface area (Å²) in [5, 5.41) is 10.1. The molecular formula is C70H38N6O4. The van der Waals surface area contributed by atoms with Crippen molar-refractivity contribution in [3.8, 4) is 33.4 Å². The normalized spacial score (nSPS) is 12.2. The largest absolute Gasteiger partial charge is 0.454 e. The molecule has 0 N–H and O–H groups in total. The molecule has 0 aliphatic heterocycles. The average molecular weight is 1030 g/mol. The third kappa shape index (κ3) is 6.06. The highest BCUT2D eigenvalue weighted by atomic mass is 16.3. The van der Waals surface area contributed by atoms with Gasteiger partial charge in [-0.05, 0) is 106 Å². The lowest BCUT2D eigenvalue weighted by atomic mass is 9.91. The summed E-state index contributed by atoms with van der Waals surface area (Å²) in [4.78, 5) is 25.1. The number of nitrogens with zero attached hydrogens (tertiary/aromatic N) is 6. The predicted molar refractivity (Wildman–Crippen MR) is 321 cm³/mol. The average Bonchev–Trinajstić information content (AvgIpc) is 4.33. The second kappa shape index (κ2) is 16.2. The smallest absolute Gasteiger partial charge is 0.227 e. The molecule has 1 aliphatic carbocycles. The second-order valence-electron chi connectivity index (χ2n) is 20.5. The van der Waals surface area contributed by atoms with E-state index in [1.165, 1.54) is 5.56 Å². The van der Waals surface area contributed by atoms with Crippen LogP contribution in [0.2, 0.25) is 0 Å². The Morgan fingerprint density at radius 1 is 0.325 bits per heavy atom. The third-order valence-electron chi connectivity index (χ3n) is 16.2. The lowest BCUT2D eigenvalue weighted by Crippen LogP contribution is -2.13. The number of hydrogen-bond donors (Lipinski definition) is 0. The summed E-state index contributed by atoms with van der Waals surface area (Å²) in [6, 6.07) is 73.3. The van der Waals surface area contributed by atoms with Crippen molar-refractivity contribution >= 4 is 144 Å². The number of pyridine rings is 4. The van der Waals surface area contributed by atoms with Gasteiger partial charge < -0.3 is 22.6 Å². The van der Waals surface area contributed by atoms with Gasteiger partial charge in [-0.1, -0.05) is 140 Å². The van der Waals surface area contributed by atoms with Gasteiger partial charge in [0.2, 0.25) is 5.71 Å². The summed E-state index contributed by atoms with van der Waals surface area (Å²) in [6.07, 6.45) is 5.67. The predicted octanol–water partition coefficient (Wildman–Crippen LogP) is 19.4. The number of aromatic nitrogens is 4. The molecule has 0 bridgehead atoms. The molecule has 0 radical (unpaired) electrons. The van der Waals surface area contributed by atoms with Crippen LogP contribution in [0.5, 0.6) is 0 Å². The van der Waals surface area contributed by atoms with Crippen molar-refractivity contribution in [1.29, 1.82) is 0 Å². The minimum Gasteiger partial charge on any atom is -0.454 e. The molecule has 0 saturated carbocycles. The van der Waals surface area contributed by atoms with Crippen LogP contribution in [0.3, 0.4) is 0 Å². The van der Waals surface area contributed by atoms with Crippen LogP contribution in [0.4, 0.5) is 34.4 Å². The highest BCUT2D eigenvalue weighted by Gasteiger charge is 2.31. The zero-order chi connectivity index (χ0) is 52.2. The molecule has 0 spiro atoms. The van der Waals surface area contributed by atoms with Gasteiger partial charge in [0.05, 0.1) is 34.8 Å². The first-order valence-electron chi connectivity index (χ1n) is 26.6. The minimum atomic E-state index is 0.571. The first kappa shape index (κ1) is 43.0. The molecule has 0 fully saturated rings. The molecule has 0 amide bonds. The van der Waals surface area contributed by atoms with E-state index in [1.54, 1.807) is 0 Å². The van der Waals surface area contributed by atoms with Crippen LogP contribution in [0, 0.1) is 0 Å². The lowest BCUT2D eigenvalue weighted by Gasteiger charge is -2.27. The van der Waals surface area contributed by atoms with Crippen molar-refractivity contribution in [2.24, 2.45) is 0 Å². The molecule has 0 saturated heterocycles. The lowest BCUT2D eigenvalue weighted by molar-refractivity contribution is 0.654. The van der Waals surface area contributed by atoms with E-state index in [0.717, 1.165) is 149 Å². The quantitative estimate of drug-likeness (QED) is 0.153. The van der Waals surface area contributed by atoms with Crippen LogP contribution in [0.15, 0.2) is 249 Å². The maximum atomic E-state index is 7.02. The number of benzene rings is 9. The van der Waals surface area contributed by atoms with E-state index in [2.05, 4.69) is 143 Å². The maximum Gasteiger partial charge on any atom is 0.227 e. The van der Waals surface area contributed by atoms with Crippen LogP contribution >= 0.6 is 0 Å². The molecule has 10 nitrogen and oxygen atoms in total. The fraction of sp³-hybridized carbons (Fsp3) is 0. The molecule has 18 rings (SSSR count). The first-order valence-corrected chi connectivity index (χ1v) is 26.6. The Bertz CT molecular complexity index is 5490. The number of para-hydroxylation sites is 4. The van der Waals surface area contributed by atoms with Gasteiger partial charge in [-0.2, -0.15) is 0 Å². The van der Waals surface area contributed by atoms with E-state index in [4.69, 9.17) is 37.6 Å². The van der Waals surface area contributed by atoms with E-state index in [-0.39, 0.29) is 0 Å². The van der Waals surface area contributed by atoms with Crippen molar-refractivity contribution in [2.45, 2.75) is 0 Å². The molecule has 10 heteroatoms. The molecule has 80 heavy (non-hydrogen) atoms. The molecule has 8 aromatic heterocycles. The SMILES string of the molecule is c1ccc2c(c1)-c1ccc(N(c3cnc4oc5ccccc5c4c3)c3cncc4c3oc3ccccc34)c3ccc(-c4cccc5c4oc4ccc(N(c6ccc7oc8ccccc8c7n6)c6cccc7ccccc67)nc45)c-2c13. The van der Waals surface area contributed by atoms with Gasteiger partial charge in [0.25, 0.3) is 0 Å². The van der Waals surface area contributed by atoms with E-state index < -0.39 is 0 Å². The Hall–Kier alpha value is -11.1. The Balaban J connectivity index is 0.844.